The molecule has 202 valence electrons. The third-order valence-electron chi connectivity index (χ3n) is 7.91. The molecule has 38 heavy (non-hydrogen) atoms. The highest BCUT2D eigenvalue weighted by molar-refractivity contribution is 6.12. The number of carbonyl (C=O) groups excluding carboxylic acids is 2. The van der Waals surface area contributed by atoms with Gasteiger partial charge in [0.05, 0.1) is 24.6 Å². The number of benzodiazepines with no additional fused rings is 1. The number of primary amides is 1. The number of nitrogens with zero attached hydrogens (tertiary/aromatic N) is 4. The first kappa shape index (κ1) is 26.2. The number of anilines is 2. The van der Waals surface area contributed by atoms with Crippen LogP contribution in [-0.2, 0) is 9.53 Å². The number of ether oxygens (including phenoxy) is 2. The minimum Gasteiger partial charge on any atom is -0.492 e. The predicted molar refractivity (Wildman–Crippen MR) is 148 cm³/mol. The Balaban J connectivity index is 1.50. The minimum absolute atomic E-state index is 0.171. The van der Waals surface area contributed by atoms with Crippen molar-refractivity contribution >= 4 is 29.5 Å². The van der Waals surface area contributed by atoms with Gasteiger partial charge in [0.15, 0.2) is 0 Å². The van der Waals surface area contributed by atoms with Gasteiger partial charge in [0.2, 0.25) is 5.66 Å². The molecule has 1 atom stereocenters. The molecule has 9 nitrogen and oxygen atoms in total. The van der Waals surface area contributed by atoms with Crippen LogP contribution in [0.5, 0.6) is 5.75 Å². The summed E-state index contributed by atoms with van der Waals surface area (Å²) in [5.74, 6) is 0.181. The summed E-state index contributed by atoms with van der Waals surface area (Å²) in [6.07, 6.45) is 6.35. The summed E-state index contributed by atoms with van der Waals surface area (Å²) in [6, 6.07) is 14.2. The average Bonchev–Trinajstić information content (AvgIpc) is 3.05. The van der Waals surface area contributed by atoms with Crippen molar-refractivity contribution in [2.45, 2.75) is 37.8 Å². The fraction of sp³-hybridized carbons (Fsp3) is 0.483. The van der Waals surface area contributed by atoms with Crippen LogP contribution >= 0.6 is 0 Å². The molecule has 0 spiro atoms. The normalized spacial score (nSPS) is 22.6. The molecule has 2 aliphatic heterocycles. The number of nitrogens with two attached hydrogens (primary N) is 1. The van der Waals surface area contributed by atoms with E-state index in [0.717, 1.165) is 76.2 Å². The third kappa shape index (κ3) is 5.13. The van der Waals surface area contributed by atoms with E-state index in [-0.39, 0.29) is 11.8 Å². The van der Waals surface area contributed by atoms with Gasteiger partial charge in [-0.25, -0.2) is 4.79 Å². The van der Waals surface area contributed by atoms with Crippen LogP contribution in [0.15, 0.2) is 53.5 Å². The number of morpholine rings is 1. The molecule has 0 radical (unpaired) electrons. The van der Waals surface area contributed by atoms with E-state index in [1.54, 1.807) is 30.3 Å². The van der Waals surface area contributed by atoms with Crippen molar-refractivity contribution in [3.05, 3.63) is 54.1 Å². The van der Waals surface area contributed by atoms with Crippen LogP contribution in [0.4, 0.5) is 16.2 Å². The van der Waals surface area contributed by atoms with Gasteiger partial charge in [-0.15, -0.1) is 0 Å². The summed E-state index contributed by atoms with van der Waals surface area (Å²) in [7, 11) is 1.75. The first-order valence-electron chi connectivity index (χ1n) is 13.6. The Bertz CT molecular complexity index is 1180. The Hall–Kier alpha value is -3.43. The Labute approximate surface area is 224 Å². The second-order valence-electron chi connectivity index (χ2n) is 10.2. The number of aliphatic imine (C=N–C) groups is 1. The highest BCUT2D eigenvalue weighted by atomic mass is 16.5. The van der Waals surface area contributed by atoms with E-state index >= 15 is 0 Å². The van der Waals surface area contributed by atoms with Crippen LogP contribution in [-0.4, -0.2) is 75.2 Å². The van der Waals surface area contributed by atoms with Crippen molar-refractivity contribution in [2.24, 2.45) is 16.6 Å². The number of benzene rings is 2. The quantitative estimate of drug-likeness (QED) is 0.602. The van der Waals surface area contributed by atoms with Gasteiger partial charge >= 0.3 is 6.03 Å². The lowest BCUT2D eigenvalue weighted by molar-refractivity contribution is -0.125. The molecule has 2 N–H and O–H groups in total. The number of rotatable bonds is 7. The number of para-hydroxylation sites is 1. The molecule has 1 saturated carbocycles. The summed E-state index contributed by atoms with van der Waals surface area (Å²) in [5.41, 5.74) is 6.67. The molecular formula is C29H37N5O4. The molecule has 2 aromatic rings. The van der Waals surface area contributed by atoms with Gasteiger partial charge in [0, 0.05) is 50.4 Å². The summed E-state index contributed by atoms with van der Waals surface area (Å²) in [5, 5.41) is 0. The first-order chi connectivity index (χ1) is 18.5. The van der Waals surface area contributed by atoms with Crippen LogP contribution in [0.1, 0.15) is 37.7 Å². The maximum atomic E-state index is 14.4. The van der Waals surface area contributed by atoms with Crippen molar-refractivity contribution in [3.63, 3.8) is 0 Å². The van der Waals surface area contributed by atoms with Crippen molar-refractivity contribution in [1.29, 1.82) is 0 Å². The third-order valence-corrected chi connectivity index (χ3v) is 7.91. The maximum Gasteiger partial charge on any atom is 0.321 e. The summed E-state index contributed by atoms with van der Waals surface area (Å²) in [4.78, 5) is 37.9. The first-order valence-corrected chi connectivity index (χ1v) is 13.6. The molecule has 3 aliphatic rings. The lowest BCUT2D eigenvalue weighted by Crippen LogP contribution is -2.65. The molecule has 1 aliphatic carbocycles. The van der Waals surface area contributed by atoms with E-state index < -0.39 is 11.7 Å². The lowest BCUT2D eigenvalue weighted by Gasteiger charge is -2.45. The fourth-order valence-corrected chi connectivity index (χ4v) is 5.92. The second kappa shape index (κ2) is 11.5. The largest absolute Gasteiger partial charge is 0.492 e. The molecule has 2 heterocycles. The van der Waals surface area contributed by atoms with E-state index in [1.165, 1.54) is 4.90 Å². The molecule has 5 rings (SSSR count). The van der Waals surface area contributed by atoms with E-state index in [9.17, 15) is 9.59 Å². The van der Waals surface area contributed by atoms with Crippen LogP contribution < -0.4 is 20.3 Å². The number of amides is 3. The molecular weight excluding hydrogens is 482 g/mol. The van der Waals surface area contributed by atoms with Gasteiger partial charge in [-0.3, -0.25) is 19.6 Å². The highest BCUT2D eigenvalue weighted by Crippen LogP contribution is 2.43. The number of likely N-dealkylation sites (N-methyl/N-ethyl adjacent to an activating group) is 1. The number of urea groups is 1. The van der Waals surface area contributed by atoms with Gasteiger partial charge in [0.1, 0.15) is 12.4 Å². The zero-order valence-corrected chi connectivity index (χ0v) is 22.1. The van der Waals surface area contributed by atoms with Crippen LogP contribution in [0.2, 0.25) is 0 Å². The van der Waals surface area contributed by atoms with Crippen molar-refractivity contribution in [1.82, 2.24) is 4.90 Å². The van der Waals surface area contributed by atoms with E-state index in [0.29, 0.717) is 18.0 Å². The van der Waals surface area contributed by atoms with Crippen molar-refractivity contribution in [3.8, 4) is 5.75 Å². The Morgan fingerprint density at radius 2 is 1.89 bits per heavy atom. The summed E-state index contributed by atoms with van der Waals surface area (Å²) >= 11 is 0. The predicted octanol–water partition coefficient (Wildman–Crippen LogP) is 3.65. The van der Waals surface area contributed by atoms with E-state index in [2.05, 4.69) is 4.90 Å². The van der Waals surface area contributed by atoms with Crippen LogP contribution in [0.25, 0.3) is 0 Å². The summed E-state index contributed by atoms with van der Waals surface area (Å²) in [6.45, 7) is 4.53. The molecule has 0 bridgehead atoms. The number of fused-ring (bicyclic) bond motifs is 1. The van der Waals surface area contributed by atoms with Gasteiger partial charge in [-0.1, -0.05) is 43.5 Å². The number of hydrogen-bond donors (Lipinski definition) is 1. The lowest BCUT2D eigenvalue weighted by atomic mass is 9.78. The average molecular weight is 520 g/mol. The molecule has 0 aromatic heterocycles. The molecule has 3 amide bonds. The van der Waals surface area contributed by atoms with Crippen molar-refractivity contribution in [2.75, 3.05) is 56.3 Å². The zero-order valence-electron chi connectivity index (χ0n) is 22.1. The molecule has 1 saturated heterocycles. The molecule has 2 aromatic carbocycles. The molecule has 9 heteroatoms. The SMILES string of the molecule is CN1C(=O)C(C2CCCCC2)(N(C(N)=O)c2cccc(OCCN3CCOCC3)c2)N=Cc2ccccc21. The smallest absolute Gasteiger partial charge is 0.321 e. The number of hydrogen-bond acceptors (Lipinski definition) is 6. The fourth-order valence-electron chi connectivity index (χ4n) is 5.92. The number of carbonyl (C=O) groups is 2. The van der Waals surface area contributed by atoms with E-state index in [4.69, 9.17) is 20.2 Å². The van der Waals surface area contributed by atoms with Gasteiger partial charge in [0.25, 0.3) is 5.91 Å². The van der Waals surface area contributed by atoms with Crippen LogP contribution in [0, 0.1) is 5.92 Å². The van der Waals surface area contributed by atoms with Crippen LogP contribution in [0.3, 0.4) is 0 Å². The molecule has 2 fully saturated rings. The Morgan fingerprint density at radius 1 is 1.13 bits per heavy atom. The van der Waals surface area contributed by atoms with Crippen molar-refractivity contribution < 1.29 is 19.1 Å². The molecule has 1 unspecified atom stereocenters. The Kier molecular flexibility index (Phi) is 7.95. The Morgan fingerprint density at radius 3 is 2.66 bits per heavy atom. The monoisotopic (exact) mass is 519 g/mol. The van der Waals surface area contributed by atoms with Gasteiger partial charge in [-0.2, -0.15) is 0 Å². The summed E-state index contributed by atoms with van der Waals surface area (Å²) < 4.78 is 11.5. The topological polar surface area (TPSA) is 101 Å². The van der Waals surface area contributed by atoms with Gasteiger partial charge in [-0.05, 0) is 31.0 Å². The maximum absolute atomic E-state index is 14.4. The van der Waals surface area contributed by atoms with E-state index in [1.807, 2.05) is 36.4 Å². The second-order valence-corrected chi connectivity index (χ2v) is 10.2. The standard InChI is InChI=1S/C29H37N5O4/c1-32-26-13-6-5-8-22(26)21-31-29(27(32)35,23-9-3-2-4-10-23)34(28(30)36)24-11-7-12-25(20-24)38-19-16-33-14-17-37-18-15-33/h5-8,11-13,20-21,23H,2-4,9-10,14-19H2,1H3,(H2,30,36). The van der Waals surface area contributed by atoms with Gasteiger partial charge < -0.3 is 20.1 Å². The minimum atomic E-state index is -1.49. The zero-order chi connectivity index (χ0) is 26.5. The highest BCUT2D eigenvalue weighted by Gasteiger charge is 2.55.